The van der Waals surface area contributed by atoms with Crippen LogP contribution in [0, 0.1) is 0 Å². The van der Waals surface area contributed by atoms with Gasteiger partial charge >= 0.3 is 19.8 Å². The van der Waals surface area contributed by atoms with E-state index >= 15 is 0 Å². The molecule has 0 rings (SSSR count). The van der Waals surface area contributed by atoms with Crippen molar-refractivity contribution in [2.45, 2.75) is 251 Å². The summed E-state index contributed by atoms with van der Waals surface area (Å²) in [6, 6.07) is -1.47. The van der Waals surface area contributed by atoms with Gasteiger partial charge in [-0.25, -0.2) is 4.57 Å². The zero-order chi connectivity index (χ0) is 41.2. The van der Waals surface area contributed by atoms with Crippen molar-refractivity contribution < 1.29 is 42.7 Å². The summed E-state index contributed by atoms with van der Waals surface area (Å²) in [4.78, 5) is 33.6. The second-order valence-corrected chi connectivity index (χ2v) is 17.7. The highest BCUT2D eigenvalue weighted by Crippen LogP contribution is 2.43. The third-order valence-corrected chi connectivity index (χ3v) is 11.6. The first-order valence-corrected chi connectivity index (χ1v) is 25.1. The first-order chi connectivity index (χ1) is 27.2. The molecular weight excluding hydrogens is 729 g/mol. The fourth-order valence-electron chi connectivity index (χ4n) is 6.96. The number of ether oxygens (including phenoxy) is 2. The molecular formula is C45H90NO9P. The summed E-state index contributed by atoms with van der Waals surface area (Å²) in [6.45, 7) is 3.94. The highest BCUT2D eigenvalue weighted by molar-refractivity contribution is 7.47. The lowest BCUT2D eigenvalue weighted by atomic mass is 10.0. The van der Waals surface area contributed by atoms with E-state index in [1.807, 2.05) is 0 Å². The van der Waals surface area contributed by atoms with Crippen molar-refractivity contribution in [3.63, 3.8) is 0 Å². The number of hydrogen-bond acceptors (Lipinski definition) is 8. The molecule has 0 aromatic heterocycles. The fourth-order valence-corrected chi connectivity index (χ4v) is 7.74. The summed E-state index contributed by atoms with van der Waals surface area (Å²) < 4.78 is 33.4. The molecule has 0 aromatic carbocycles. The first kappa shape index (κ1) is 55.0. The highest BCUT2D eigenvalue weighted by atomic mass is 31.2. The number of phosphoric ester groups is 1. The maximum atomic E-state index is 12.7. The molecule has 0 bridgehead atoms. The van der Waals surface area contributed by atoms with Crippen LogP contribution in [0.5, 0.6) is 0 Å². The largest absolute Gasteiger partial charge is 0.480 e. The Bertz CT molecular complexity index is 909. The van der Waals surface area contributed by atoms with E-state index in [0.29, 0.717) is 6.61 Å². The van der Waals surface area contributed by atoms with Crippen molar-refractivity contribution in [3.05, 3.63) is 0 Å². The molecule has 0 spiro atoms. The van der Waals surface area contributed by atoms with Gasteiger partial charge in [0.25, 0.3) is 0 Å². The lowest BCUT2D eigenvalue weighted by molar-refractivity contribution is -0.154. The summed E-state index contributed by atoms with van der Waals surface area (Å²) in [7, 11) is -4.61. The number of rotatable bonds is 46. The molecule has 0 amide bonds. The minimum atomic E-state index is -4.61. The standard InChI is InChI=1S/C45H90NO9P/c1-3-5-7-9-11-13-15-17-19-21-22-23-25-27-29-31-33-35-37-44(47)55-42(40-53-56(50,51)54-41-43(46)45(48)49)39-52-38-36-34-32-30-28-26-24-20-18-16-14-12-10-8-6-4-2/h42-43H,3-41,46H2,1-2H3,(H,48,49)(H,50,51)/t42-,43+/m1/s1. The molecule has 0 aliphatic carbocycles. The third kappa shape index (κ3) is 41.1. The topological polar surface area (TPSA) is 155 Å². The SMILES string of the molecule is CCCCCCCCCCCCCCCCCCCCC(=O)O[C@H](COCCCCCCCCCCCCCCCCCC)COP(=O)(O)OC[C@H](N)C(=O)O. The van der Waals surface area contributed by atoms with Crippen LogP contribution in [0.1, 0.15) is 239 Å². The molecule has 334 valence electrons. The fraction of sp³-hybridized carbons (Fsp3) is 0.956. The molecule has 3 atom stereocenters. The summed E-state index contributed by atoms with van der Waals surface area (Å²) in [6.07, 6.45) is 42.9. The summed E-state index contributed by atoms with van der Waals surface area (Å²) >= 11 is 0. The summed E-state index contributed by atoms with van der Waals surface area (Å²) in [5.74, 6) is -1.76. The van der Waals surface area contributed by atoms with Gasteiger partial charge in [-0.1, -0.05) is 219 Å². The second-order valence-electron chi connectivity index (χ2n) is 16.3. The van der Waals surface area contributed by atoms with Crippen LogP contribution in [0.15, 0.2) is 0 Å². The van der Waals surface area contributed by atoms with Gasteiger partial charge in [0.1, 0.15) is 12.1 Å². The number of hydrogen-bond donors (Lipinski definition) is 3. The monoisotopic (exact) mass is 820 g/mol. The number of carboxylic acids is 1. The molecule has 1 unspecified atom stereocenters. The lowest BCUT2D eigenvalue weighted by Gasteiger charge is -2.20. The number of carboxylic acid groups (broad SMARTS) is 1. The van der Waals surface area contributed by atoms with Crippen molar-refractivity contribution in [1.29, 1.82) is 0 Å². The van der Waals surface area contributed by atoms with Crippen LogP contribution in [0.3, 0.4) is 0 Å². The predicted molar refractivity (Wildman–Crippen MR) is 231 cm³/mol. The van der Waals surface area contributed by atoms with Crippen LogP contribution in [0.2, 0.25) is 0 Å². The molecule has 0 radical (unpaired) electrons. The molecule has 10 nitrogen and oxygen atoms in total. The Kier molecular flexibility index (Phi) is 41.3. The minimum absolute atomic E-state index is 0.0260. The van der Waals surface area contributed by atoms with Gasteiger partial charge in [0.05, 0.1) is 19.8 Å². The smallest absolute Gasteiger partial charge is 0.472 e. The van der Waals surface area contributed by atoms with Crippen molar-refractivity contribution in [2.24, 2.45) is 5.73 Å². The Hall–Kier alpha value is -1.03. The van der Waals surface area contributed by atoms with E-state index in [4.69, 9.17) is 29.4 Å². The first-order valence-electron chi connectivity index (χ1n) is 23.6. The van der Waals surface area contributed by atoms with Crippen LogP contribution in [0.25, 0.3) is 0 Å². The Balaban J connectivity index is 4.14. The Morgan fingerprint density at radius 3 is 1.18 bits per heavy atom. The van der Waals surface area contributed by atoms with Crippen molar-refractivity contribution >= 4 is 19.8 Å². The number of phosphoric acid groups is 1. The van der Waals surface area contributed by atoms with Gasteiger partial charge in [-0.3, -0.25) is 18.6 Å². The Morgan fingerprint density at radius 2 is 0.821 bits per heavy atom. The van der Waals surface area contributed by atoms with Crippen molar-refractivity contribution in [2.75, 3.05) is 26.4 Å². The van der Waals surface area contributed by atoms with Crippen LogP contribution >= 0.6 is 7.82 Å². The number of carbonyl (C=O) groups is 2. The van der Waals surface area contributed by atoms with Crippen LogP contribution in [-0.4, -0.2) is 60.5 Å². The van der Waals surface area contributed by atoms with Gasteiger partial charge in [-0.05, 0) is 12.8 Å². The Labute approximate surface area is 344 Å². The van der Waals surface area contributed by atoms with Gasteiger partial charge < -0.3 is 25.2 Å². The number of unbranched alkanes of at least 4 members (excludes halogenated alkanes) is 32. The molecule has 0 saturated carbocycles. The molecule has 0 fully saturated rings. The number of carbonyl (C=O) groups excluding carboxylic acids is 1. The summed E-state index contributed by atoms with van der Waals surface area (Å²) in [5.41, 5.74) is 5.36. The van der Waals surface area contributed by atoms with E-state index in [9.17, 15) is 19.0 Å². The maximum absolute atomic E-state index is 12.7. The van der Waals surface area contributed by atoms with Gasteiger partial charge in [-0.15, -0.1) is 0 Å². The zero-order valence-electron chi connectivity index (χ0n) is 36.5. The van der Waals surface area contributed by atoms with Gasteiger partial charge in [-0.2, -0.15) is 0 Å². The average Bonchev–Trinajstić information content (AvgIpc) is 3.18. The molecule has 0 saturated heterocycles. The molecule has 0 aromatic rings. The normalized spacial score (nSPS) is 13.8. The molecule has 0 aliphatic heterocycles. The van der Waals surface area contributed by atoms with E-state index in [1.165, 1.54) is 180 Å². The average molecular weight is 820 g/mol. The van der Waals surface area contributed by atoms with E-state index < -0.39 is 45.1 Å². The highest BCUT2D eigenvalue weighted by Gasteiger charge is 2.27. The van der Waals surface area contributed by atoms with E-state index in [1.54, 1.807) is 0 Å². The molecule has 4 N–H and O–H groups in total. The molecule has 0 aliphatic rings. The van der Waals surface area contributed by atoms with Crippen LogP contribution in [0.4, 0.5) is 0 Å². The number of esters is 1. The minimum Gasteiger partial charge on any atom is -0.480 e. The summed E-state index contributed by atoms with van der Waals surface area (Å²) in [5, 5.41) is 8.90. The number of nitrogens with two attached hydrogens (primary N) is 1. The van der Waals surface area contributed by atoms with Crippen molar-refractivity contribution in [1.82, 2.24) is 0 Å². The van der Waals surface area contributed by atoms with E-state index in [0.717, 1.165) is 38.5 Å². The van der Waals surface area contributed by atoms with Crippen LogP contribution in [-0.2, 0) is 32.7 Å². The third-order valence-electron chi connectivity index (χ3n) is 10.6. The zero-order valence-corrected chi connectivity index (χ0v) is 37.4. The molecule has 11 heteroatoms. The second kappa shape index (κ2) is 42.1. The maximum Gasteiger partial charge on any atom is 0.472 e. The van der Waals surface area contributed by atoms with Crippen molar-refractivity contribution in [3.8, 4) is 0 Å². The quantitative estimate of drug-likeness (QED) is 0.0307. The van der Waals surface area contributed by atoms with Gasteiger partial charge in [0.2, 0.25) is 0 Å². The Morgan fingerprint density at radius 1 is 0.500 bits per heavy atom. The lowest BCUT2D eigenvalue weighted by Crippen LogP contribution is -2.34. The molecule has 0 heterocycles. The van der Waals surface area contributed by atoms with E-state index in [2.05, 4.69) is 13.8 Å². The number of aliphatic carboxylic acids is 1. The van der Waals surface area contributed by atoms with Gasteiger partial charge in [0.15, 0.2) is 0 Å². The van der Waals surface area contributed by atoms with Gasteiger partial charge in [0, 0.05) is 13.0 Å². The van der Waals surface area contributed by atoms with E-state index in [-0.39, 0.29) is 13.0 Å². The van der Waals surface area contributed by atoms with Crippen LogP contribution < -0.4 is 5.73 Å². The predicted octanol–water partition coefficient (Wildman–Crippen LogP) is 13.2. The molecule has 56 heavy (non-hydrogen) atoms.